The first-order chi connectivity index (χ1) is 5.65. The fourth-order valence-electron chi connectivity index (χ4n) is 1.00. The molecular weight excluding hydrogens is 150 g/mol. The summed E-state index contributed by atoms with van der Waals surface area (Å²) >= 11 is 0. The van der Waals surface area contributed by atoms with E-state index in [1.165, 1.54) is 0 Å². The monoisotopic (exact) mass is 159 g/mol. The van der Waals surface area contributed by atoms with Crippen LogP contribution in [0.3, 0.4) is 0 Å². The molecule has 0 fully saturated rings. The summed E-state index contributed by atoms with van der Waals surface area (Å²) in [5.41, 5.74) is 2.10. The molecule has 0 saturated carbocycles. The van der Waals surface area contributed by atoms with E-state index in [-0.39, 0.29) is 5.78 Å². The van der Waals surface area contributed by atoms with Crippen LogP contribution in [-0.2, 0) is 0 Å². The Morgan fingerprint density at radius 3 is 2.67 bits per heavy atom. The van der Waals surface area contributed by atoms with Crippen LogP contribution in [0, 0.1) is 26.2 Å². The van der Waals surface area contributed by atoms with E-state index in [4.69, 9.17) is 6.42 Å². The summed E-state index contributed by atoms with van der Waals surface area (Å²) in [5, 5.41) is 0. The van der Waals surface area contributed by atoms with Gasteiger partial charge < -0.3 is 0 Å². The molecule has 12 heavy (non-hydrogen) atoms. The Morgan fingerprint density at radius 1 is 1.50 bits per heavy atom. The van der Waals surface area contributed by atoms with Crippen LogP contribution in [0.1, 0.15) is 21.7 Å². The number of terminal acetylenes is 1. The van der Waals surface area contributed by atoms with Gasteiger partial charge in [0.2, 0.25) is 5.78 Å². The second-order valence-corrected chi connectivity index (χ2v) is 2.56. The highest BCUT2D eigenvalue weighted by atomic mass is 16.1. The first-order valence-corrected chi connectivity index (χ1v) is 3.60. The molecule has 0 amide bonds. The lowest BCUT2D eigenvalue weighted by Gasteiger charge is -1.99. The van der Waals surface area contributed by atoms with E-state index in [0.717, 1.165) is 5.69 Å². The van der Waals surface area contributed by atoms with E-state index in [9.17, 15) is 4.79 Å². The number of Topliss-reactive ketones (excluding diaryl/α,β-unsaturated/α-hetero) is 1. The van der Waals surface area contributed by atoms with Crippen molar-refractivity contribution >= 4 is 5.78 Å². The quantitative estimate of drug-likeness (QED) is 0.353. The molecule has 0 aliphatic heterocycles. The van der Waals surface area contributed by atoms with E-state index in [2.05, 4.69) is 10.9 Å². The Kier molecular flexibility index (Phi) is 2.25. The molecule has 1 aromatic rings. The Morgan fingerprint density at radius 2 is 2.17 bits per heavy atom. The summed E-state index contributed by atoms with van der Waals surface area (Å²) in [4.78, 5) is 15.2. The molecule has 0 atom stereocenters. The summed E-state index contributed by atoms with van der Waals surface area (Å²) in [6.07, 6.45) is 4.98. The molecular formula is C10H9NO. The zero-order valence-electron chi connectivity index (χ0n) is 7.09. The van der Waals surface area contributed by atoms with E-state index in [1.807, 2.05) is 6.92 Å². The molecule has 2 heteroatoms. The third kappa shape index (κ3) is 1.51. The summed E-state index contributed by atoms with van der Waals surface area (Å²) in [7, 11) is 0. The second kappa shape index (κ2) is 3.19. The fourth-order valence-corrected chi connectivity index (χ4v) is 1.00. The van der Waals surface area contributed by atoms with E-state index in [0.29, 0.717) is 11.3 Å². The first kappa shape index (κ1) is 8.48. The standard InChI is InChI=1S/C10H9NO/c1-4-10(12)9-6-5-7(2)11-8(9)3/h1,5-6H,2-3H3. The minimum atomic E-state index is -0.306. The number of aromatic nitrogens is 1. The van der Waals surface area contributed by atoms with Crippen LogP contribution in [0.4, 0.5) is 0 Å². The average molecular weight is 159 g/mol. The van der Waals surface area contributed by atoms with Crippen LogP contribution in [0.5, 0.6) is 0 Å². The molecule has 0 radical (unpaired) electrons. The van der Waals surface area contributed by atoms with Gasteiger partial charge in [-0.15, -0.1) is 6.42 Å². The number of nitrogens with zero attached hydrogens (tertiary/aromatic N) is 1. The number of aryl methyl sites for hydroxylation is 2. The molecule has 0 aromatic carbocycles. The zero-order chi connectivity index (χ0) is 9.14. The molecule has 60 valence electrons. The maximum absolute atomic E-state index is 11.1. The van der Waals surface area contributed by atoms with Crippen LogP contribution in [0.15, 0.2) is 12.1 Å². The van der Waals surface area contributed by atoms with E-state index in [1.54, 1.807) is 19.1 Å². The number of rotatable bonds is 1. The lowest BCUT2D eigenvalue weighted by Crippen LogP contribution is -2.00. The normalized spacial score (nSPS) is 9.08. The molecule has 1 aromatic heterocycles. The molecule has 0 aliphatic rings. The fraction of sp³-hybridized carbons (Fsp3) is 0.200. The van der Waals surface area contributed by atoms with Crippen molar-refractivity contribution in [2.45, 2.75) is 13.8 Å². The first-order valence-electron chi connectivity index (χ1n) is 3.60. The highest BCUT2D eigenvalue weighted by molar-refractivity contribution is 6.09. The van der Waals surface area contributed by atoms with Crippen LogP contribution in [0.2, 0.25) is 0 Å². The van der Waals surface area contributed by atoms with Crippen molar-refractivity contribution in [1.29, 1.82) is 0 Å². The maximum Gasteiger partial charge on any atom is 0.237 e. The van der Waals surface area contributed by atoms with Gasteiger partial charge in [0.05, 0.1) is 5.56 Å². The predicted molar refractivity (Wildman–Crippen MR) is 46.9 cm³/mol. The Labute approximate surface area is 71.6 Å². The number of hydrogen-bond donors (Lipinski definition) is 0. The molecule has 0 N–H and O–H groups in total. The van der Waals surface area contributed by atoms with Crippen molar-refractivity contribution in [2.24, 2.45) is 0 Å². The summed E-state index contributed by atoms with van der Waals surface area (Å²) in [6, 6.07) is 3.48. The van der Waals surface area contributed by atoms with Gasteiger partial charge in [0, 0.05) is 11.4 Å². The van der Waals surface area contributed by atoms with Crippen molar-refractivity contribution in [3.05, 3.63) is 29.1 Å². The zero-order valence-corrected chi connectivity index (χ0v) is 7.09. The lowest BCUT2D eigenvalue weighted by molar-refractivity contribution is 0.105. The predicted octanol–water partition coefficient (Wildman–Crippen LogP) is 1.51. The topological polar surface area (TPSA) is 30.0 Å². The number of carbonyl (C=O) groups is 1. The second-order valence-electron chi connectivity index (χ2n) is 2.56. The minimum absolute atomic E-state index is 0.306. The van der Waals surface area contributed by atoms with Gasteiger partial charge >= 0.3 is 0 Å². The molecule has 1 heterocycles. The van der Waals surface area contributed by atoms with Gasteiger partial charge in [0.15, 0.2) is 0 Å². The van der Waals surface area contributed by atoms with Crippen LogP contribution in [-0.4, -0.2) is 10.8 Å². The molecule has 2 nitrogen and oxygen atoms in total. The molecule has 0 bridgehead atoms. The highest BCUT2D eigenvalue weighted by Crippen LogP contribution is 2.06. The molecule has 1 rings (SSSR count). The molecule has 0 aliphatic carbocycles. The van der Waals surface area contributed by atoms with Crippen molar-refractivity contribution in [2.75, 3.05) is 0 Å². The molecule has 0 saturated heterocycles. The van der Waals surface area contributed by atoms with Crippen LogP contribution >= 0.6 is 0 Å². The Hall–Kier alpha value is -1.62. The molecule has 0 unspecified atom stereocenters. The van der Waals surface area contributed by atoms with E-state index < -0.39 is 0 Å². The number of hydrogen-bond acceptors (Lipinski definition) is 2. The van der Waals surface area contributed by atoms with Crippen molar-refractivity contribution in [3.63, 3.8) is 0 Å². The van der Waals surface area contributed by atoms with Crippen molar-refractivity contribution < 1.29 is 4.79 Å². The molecule has 0 spiro atoms. The average Bonchev–Trinajstić information content (AvgIpc) is 2.03. The Balaban J connectivity index is 3.20. The third-order valence-corrected chi connectivity index (χ3v) is 1.60. The third-order valence-electron chi connectivity index (χ3n) is 1.60. The van der Waals surface area contributed by atoms with Crippen molar-refractivity contribution in [3.8, 4) is 12.3 Å². The van der Waals surface area contributed by atoms with Gasteiger partial charge in [-0.3, -0.25) is 9.78 Å². The van der Waals surface area contributed by atoms with E-state index >= 15 is 0 Å². The number of pyridine rings is 1. The maximum atomic E-state index is 11.1. The van der Waals surface area contributed by atoms with Gasteiger partial charge in [0.1, 0.15) is 0 Å². The van der Waals surface area contributed by atoms with Gasteiger partial charge in [-0.25, -0.2) is 0 Å². The van der Waals surface area contributed by atoms with Gasteiger partial charge in [0.25, 0.3) is 0 Å². The van der Waals surface area contributed by atoms with Gasteiger partial charge in [-0.2, -0.15) is 0 Å². The number of ketones is 1. The summed E-state index contributed by atoms with van der Waals surface area (Å²) in [6.45, 7) is 3.65. The minimum Gasteiger partial charge on any atom is -0.279 e. The van der Waals surface area contributed by atoms with Crippen molar-refractivity contribution in [1.82, 2.24) is 4.98 Å². The lowest BCUT2D eigenvalue weighted by atomic mass is 10.1. The highest BCUT2D eigenvalue weighted by Gasteiger charge is 2.05. The largest absolute Gasteiger partial charge is 0.279 e. The SMILES string of the molecule is C#CC(=O)c1ccc(C)nc1C. The van der Waals surface area contributed by atoms with Gasteiger partial charge in [-0.05, 0) is 31.9 Å². The number of carbonyl (C=O) groups excluding carboxylic acids is 1. The smallest absolute Gasteiger partial charge is 0.237 e. The summed E-state index contributed by atoms with van der Waals surface area (Å²) < 4.78 is 0. The summed E-state index contributed by atoms with van der Waals surface area (Å²) in [5.74, 6) is 1.76. The van der Waals surface area contributed by atoms with Gasteiger partial charge in [-0.1, -0.05) is 0 Å². The van der Waals surface area contributed by atoms with Crippen LogP contribution in [0.25, 0.3) is 0 Å². The van der Waals surface area contributed by atoms with Crippen LogP contribution < -0.4 is 0 Å². The Bertz CT molecular complexity index is 361.